The van der Waals surface area contributed by atoms with Gasteiger partial charge in [-0.1, -0.05) is 33.3 Å². The summed E-state index contributed by atoms with van der Waals surface area (Å²) in [4.78, 5) is 4.10. The molecule has 0 heterocycles. The van der Waals surface area contributed by atoms with E-state index < -0.39 is 0 Å². The summed E-state index contributed by atoms with van der Waals surface area (Å²) in [5, 5.41) is 0. The number of aliphatic imine (C=N–C) groups is 1. The maximum atomic E-state index is 4.10. The molecule has 0 unspecified atom stereocenters. The summed E-state index contributed by atoms with van der Waals surface area (Å²) in [6.45, 7) is 6.41. The summed E-state index contributed by atoms with van der Waals surface area (Å²) in [5.41, 5.74) is 0. The van der Waals surface area contributed by atoms with E-state index >= 15 is 0 Å². The van der Waals surface area contributed by atoms with E-state index in [1.807, 2.05) is 12.4 Å². The molecule has 0 aliphatic rings. The Morgan fingerprint density at radius 1 is 1.40 bits per heavy atom. The van der Waals surface area contributed by atoms with E-state index in [-0.39, 0.29) is 0 Å². The van der Waals surface area contributed by atoms with Crippen molar-refractivity contribution in [1.29, 1.82) is 0 Å². The van der Waals surface area contributed by atoms with Crippen LogP contribution in [0.3, 0.4) is 0 Å². The highest BCUT2D eigenvalue weighted by Gasteiger charge is 1.80. The number of allylic oxidation sites excluding steroid dienone is 1. The lowest BCUT2D eigenvalue weighted by Gasteiger charge is -1.88. The van der Waals surface area contributed by atoms with Gasteiger partial charge in [0.25, 0.3) is 0 Å². The first-order chi connectivity index (χ1) is 4.77. The number of hydrogen-bond acceptors (Lipinski definition) is 1. The first-order valence-corrected chi connectivity index (χ1v) is 3.95. The van der Waals surface area contributed by atoms with Crippen LogP contribution in [-0.4, -0.2) is 6.21 Å². The molecule has 0 aromatic carbocycles. The van der Waals surface area contributed by atoms with Gasteiger partial charge in [0, 0.05) is 12.4 Å². The quantitative estimate of drug-likeness (QED) is 0.531. The number of nitrogens with zero attached hydrogens (tertiary/aromatic N) is 1. The fraction of sp³-hybridized carbons (Fsp3) is 0.667. The van der Waals surface area contributed by atoms with Crippen LogP contribution in [0.5, 0.6) is 0 Å². The molecule has 10 heavy (non-hydrogen) atoms. The van der Waals surface area contributed by atoms with Crippen molar-refractivity contribution in [2.24, 2.45) is 10.9 Å². The topological polar surface area (TPSA) is 12.4 Å². The van der Waals surface area contributed by atoms with Crippen LogP contribution in [0.1, 0.15) is 33.6 Å². The molecule has 0 rings (SSSR count). The standard InChI is InChI=1S/C9H17N/c1-4-5-6-7-10-8-9(2)3/h6-9H,4-5H2,1-3H3/b7-6-,10-8?. The van der Waals surface area contributed by atoms with Gasteiger partial charge in [-0.15, -0.1) is 0 Å². The van der Waals surface area contributed by atoms with Gasteiger partial charge in [-0.25, -0.2) is 0 Å². The van der Waals surface area contributed by atoms with Gasteiger partial charge in [0.1, 0.15) is 0 Å². The van der Waals surface area contributed by atoms with Crippen molar-refractivity contribution in [3.63, 3.8) is 0 Å². The third kappa shape index (κ3) is 7.41. The van der Waals surface area contributed by atoms with E-state index in [9.17, 15) is 0 Å². The van der Waals surface area contributed by atoms with Gasteiger partial charge in [-0.3, -0.25) is 4.99 Å². The number of rotatable bonds is 4. The molecule has 1 nitrogen and oxygen atoms in total. The summed E-state index contributed by atoms with van der Waals surface area (Å²) in [6, 6.07) is 0. The first-order valence-electron chi connectivity index (χ1n) is 3.95. The molecule has 0 N–H and O–H groups in total. The second-order valence-corrected chi connectivity index (χ2v) is 2.72. The summed E-state index contributed by atoms with van der Waals surface area (Å²) in [5.74, 6) is 0.561. The smallest absolute Gasteiger partial charge is 0.0224 e. The lowest BCUT2D eigenvalue weighted by Crippen LogP contribution is -1.84. The molecule has 0 aliphatic heterocycles. The van der Waals surface area contributed by atoms with Crippen molar-refractivity contribution in [2.75, 3.05) is 0 Å². The molecular formula is C9H17N. The van der Waals surface area contributed by atoms with E-state index in [2.05, 4.69) is 31.8 Å². The van der Waals surface area contributed by atoms with Crippen molar-refractivity contribution < 1.29 is 0 Å². The highest BCUT2D eigenvalue weighted by Crippen LogP contribution is 1.89. The zero-order valence-electron chi connectivity index (χ0n) is 7.17. The average molecular weight is 139 g/mol. The Morgan fingerprint density at radius 2 is 2.10 bits per heavy atom. The van der Waals surface area contributed by atoms with Gasteiger partial charge in [0.15, 0.2) is 0 Å². The predicted octanol–water partition coefficient (Wildman–Crippen LogP) is 3.03. The molecular weight excluding hydrogens is 122 g/mol. The molecule has 0 saturated heterocycles. The molecule has 0 atom stereocenters. The minimum atomic E-state index is 0.561. The molecule has 0 aliphatic carbocycles. The van der Waals surface area contributed by atoms with Crippen LogP contribution < -0.4 is 0 Å². The molecule has 0 saturated carbocycles. The van der Waals surface area contributed by atoms with Crippen LogP contribution in [0.15, 0.2) is 17.3 Å². The Morgan fingerprint density at radius 3 is 2.60 bits per heavy atom. The molecule has 58 valence electrons. The van der Waals surface area contributed by atoms with E-state index in [0.29, 0.717) is 5.92 Å². The molecule has 0 fully saturated rings. The van der Waals surface area contributed by atoms with E-state index in [1.54, 1.807) is 0 Å². The van der Waals surface area contributed by atoms with Crippen LogP contribution in [0.4, 0.5) is 0 Å². The Hall–Kier alpha value is -0.590. The molecule has 0 spiro atoms. The lowest BCUT2D eigenvalue weighted by molar-refractivity contribution is 0.906. The normalized spacial score (nSPS) is 12.4. The largest absolute Gasteiger partial charge is 0.269 e. The summed E-state index contributed by atoms with van der Waals surface area (Å²) in [6.07, 6.45) is 8.26. The number of hydrogen-bond donors (Lipinski definition) is 0. The van der Waals surface area contributed by atoms with Crippen molar-refractivity contribution >= 4 is 6.21 Å². The molecule has 1 heteroatoms. The van der Waals surface area contributed by atoms with E-state index in [4.69, 9.17) is 0 Å². The second-order valence-electron chi connectivity index (χ2n) is 2.72. The van der Waals surface area contributed by atoms with Crippen LogP contribution >= 0.6 is 0 Å². The van der Waals surface area contributed by atoms with Crippen LogP contribution in [-0.2, 0) is 0 Å². The third-order valence-electron chi connectivity index (χ3n) is 1.03. The zero-order chi connectivity index (χ0) is 7.82. The highest BCUT2D eigenvalue weighted by molar-refractivity contribution is 5.60. The fourth-order valence-corrected chi connectivity index (χ4v) is 0.524. The lowest BCUT2D eigenvalue weighted by atomic mass is 10.2. The summed E-state index contributed by atoms with van der Waals surface area (Å²) in [7, 11) is 0. The van der Waals surface area contributed by atoms with E-state index in [0.717, 1.165) is 6.42 Å². The fourth-order valence-electron chi connectivity index (χ4n) is 0.524. The minimum Gasteiger partial charge on any atom is -0.269 e. The minimum absolute atomic E-state index is 0.561. The van der Waals surface area contributed by atoms with Crippen LogP contribution in [0.2, 0.25) is 0 Å². The maximum Gasteiger partial charge on any atom is 0.0224 e. The summed E-state index contributed by atoms with van der Waals surface area (Å²) >= 11 is 0. The molecule has 0 aromatic rings. The van der Waals surface area contributed by atoms with Crippen molar-refractivity contribution in [3.05, 3.63) is 12.3 Å². The van der Waals surface area contributed by atoms with Gasteiger partial charge < -0.3 is 0 Å². The monoisotopic (exact) mass is 139 g/mol. The van der Waals surface area contributed by atoms with Gasteiger partial charge in [0.05, 0.1) is 0 Å². The van der Waals surface area contributed by atoms with Crippen LogP contribution in [0.25, 0.3) is 0 Å². The van der Waals surface area contributed by atoms with Gasteiger partial charge in [-0.2, -0.15) is 0 Å². The highest BCUT2D eigenvalue weighted by atomic mass is 14.7. The molecule has 0 bridgehead atoms. The van der Waals surface area contributed by atoms with Gasteiger partial charge >= 0.3 is 0 Å². The summed E-state index contributed by atoms with van der Waals surface area (Å²) < 4.78 is 0. The zero-order valence-corrected chi connectivity index (χ0v) is 7.17. The SMILES string of the molecule is CCC/C=C\N=CC(C)C. The second kappa shape index (κ2) is 6.53. The molecule has 0 radical (unpaired) electrons. The van der Waals surface area contributed by atoms with Crippen LogP contribution in [0, 0.1) is 5.92 Å². The Bertz CT molecular complexity index is 112. The average Bonchev–Trinajstić information content (AvgIpc) is 1.87. The predicted molar refractivity (Wildman–Crippen MR) is 47.4 cm³/mol. The van der Waals surface area contributed by atoms with Crippen molar-refractivity contribution in [1.82, 2.24) is 0 Å². The maximum absolute atomic E-state index is 4.10. The Kier molecular flexibility index (Phi) is 6.14. The Balaban J connectivity index is 3.32. The van der Waals surface area contributed by atoms with E-state index in [1.165, 1.54) is 6.42 Å². The molecule has 0 aromatic heterocycles. The van der Waals surface area contributed by atoms with Gasteiger partial charge in [-0.05, 0) is 12.3 Å². The number of unbranched alkanes of at least 4 members (excludes halogenated alkanes) is 1. The molecule has 0 amide bonds. The van der Waals surface area contributed by atoms with Gasteiger partial charge in [0.2, 0.25) is 0 Å². The van der Waals surface area contributed by atoms with Crippen molar-refractivity contribution in [3.8, 4) is 0 Å². The Labute approximate surface area is 63.9 Å². The van der Waals surface area contributed by atoms with Crippen molar-refractivity contribution in [2.45, 2.75) is 33.6 Å². The third-order valence-corrected chi connectivity index (χ3v) is 1.03. The first kappa shape index (κ1) is 9.41.